The highest BCUT2D eigenvalue weighted by molar-refractivity contribution is 5.76. The van der Waals surface area contributed by atoms with Gasteiger partial charge in [-0.2, -0.15) is 0 Å². The predicted molar refractivity (Wildman–Crippen MR) is 218 cm³/mol. The molecule has 1 N–H and O–H groups in total. The van der Waals surface area contributed by atoms with Gasteiger partial charge in [-0.1, -0.05) is 136 Å². The van der Waals surface area contributed by atoms with E-state index in [-0.39, 0.29) is 55.2 Å². The topological polar surface area (TPSA) is 117 Å². The number of rotatable bonds is 38. The SMILES string of the molecule is CCCCCCCCCCCCC(CCCOC(=O)CCCCC(COC(=O)CCCCCCC)COC(=O)CCCCCCC)OC(=O)C1CCCN1. The number of nitrogens with one attached hydrogen (secondary N) is 1. The van der Waals surface area contributed by atoms with Crippen LogP contribution in [0.2, 0.25) is 0 Å². The van der Waals surface area contributed by atoms with Crippen molar-refractivity contribution in [2.75, 3.05) is 26.4 Å². The largest absolute Gasteiger partial charge is 0.466 e. The molecule has 0 aromatic heterocycles. The average molecular weight is 766 g/mol. The second-order valence-corrected chi connectivity index (χ2v) is 15.8. The minimum atomic E-state index is -0.228. The lowest BCUT2D eigenvalue weighted by atomic mass is 10.0. The number of carbonyl (C=O) groups is 4. The van der Waals surface area contributed by atoms with Crippen LogP contribution in [-0.2, 0) is 38.1 Å². The molecule has 2 unspecified atom stereocenters. The summed E-state index contributed by atoms with van der Waals surface area (Å²) in [6.07, 6.45) is 30.5. The van der Waals surface area contributed by atoms with Gasteiger partial charge >= 0.3 is 23.9 Å². The summed E-state index contributed by atoms with van der Waals surface area (Å²) in [5, 5.41) is 3.25. The molecule has 9 heteroatoms. The van der Waals surface area contributed by atoms with Gasteiger partial charge in [0.05, 0.1) is 19.8 Å². The average Bonchev–Trinajstić information content (AvgIpc) is 3.72. The van der Waals surface area contributed by atoms with Crippen molar-refractivity contribution in [3.63, 3.8) is 0 Å². The predicted octanol–water partition coefficient (Wildman–Crippen LogP) is 11.3. The van der Waals surface area contributed by atoms with Crippen molar-refractivity contribution >= 4 is 23.9 Å². The van der Waals surface area contributed by atoms with E-state index < -0.39 is 0 Å². The zero-order valence-corrected chi connectivity index (χ0v) is 35.2. The lowest BCUT2D eigenvalue weighted by Gasteiger charge is -2.20. The summed E-state index contributed by atoms with van der Waals surface area (Å²) in [5.74, 6) is -0.858. The van der Waals surface area contributed by atoms with Gasteiger partial charge in [-0.25, -0.2) is 0 Å². The standard InChI is InChI=1S/C45H83NO8/c1-4-7-10-13-14-15-16-17-20-21-29-40(54-45(50)41-31-26-35-46-41)30-27-36-51-42(47)34-25-24-28-39(37-52-43(48)32-22-18-11-8-5-2)38-53-44(49)33-23-19-12-9-6-3/h39-41,46H,4-38H2,1-3H3. The molecule has 0 saturated carbocycles. The van der Waals surface area contributed by atoms with Crippen LogP contribution in [0.3, 0.4) is 0 Å². The number of ether oxygens (including phenoxy) is 4. The Morgan fingerprint density at radius 3 is 1.44 bits per heavy atom. The van der Waals surface area contributed by atoms with E-state index in [1.54, 1.807) is 0 Å². The molecule has 1 fully saturated rings. The summed E-state index contributed by atoms with van der Waals surface area (Å²) >= 11 is 0. The van der Waals surface area contributed by atoms with Gasteiger partial charge in [0.15, 0.2) is 0 Å². The number of hydrogen-bond donors (Lipinski definition) is 1. The monoisotopic (exact) mass is 766 g/mol. The molecule has 1 saturated heterocycles. The van der Waals surface area contributed by atoms with Crippen LogP contribution in [0.5, 0.6) is 0 Å². The van der Waals surface area contributed by atoms with Crippen LogP contribution in [0.1, 0.15) is 220 Å². The van der Waals surface area contributed by atoms with E-state index in [1.165, 1.54) is 77.0 Å². The van der Waals surface area contributed by atoms with E-state index in [4.69, 9.17) is 18.9 Å². The Hall–Kier alpha value is -2.16. The lowest BCUT2D eigenvalue weighted by molar-refractivity contribution is -0.153. The van der Waals surface area contributed by atoms with Gasteiger partial charge in [-0.05, 0) is 70.8 Å². The van der Waals surface area contributed by atoms with Crippen molar-refractivity contribution in [1.29, 1.82) is 0 Å². The van der Waals surface area contributed by atoms with Crippen molar-refractivity contribution in [1.82, 2.24) is 5.32 Å². The quantitative estimate of drug-likeness (QED) is 0.0372. The third-order valence-electron chi connectivity index (χ3n) is 10.6. The normalized spacial score (nSPS) is 14.6. The number of carbonyl (C=O) groups excluding carboxylic acids is 4. The smallest absolute Gasteiger partial charge is 0.323 e. The first-order valence-corrected chi connectivity index (χ1v) is 22.8. The molecule has 0 aromatic rings. The van der Waals surface area contributed by atoms with Crippen molar-refractivity contribution in [3.8, 4) is 0 Å². The maximum atomic E-state index is 12.7. The molecule has 1 aliphatic rings. The van der Waals surface area contributed by atoms with Gasteiger partial charge in [0.2, 0.25) is 0 Å². The lowest BCUT2D eigenvalue weighted by Crippen LogP contribution is -2.35. The summed E-state index contributed by atoms with van der Waals surface area (Å²) in [5.41, 5.74) is 0. The zero-order chi connectivity index (χ0) is 39.3. The van der Waals surface area contributed by atoms with Crippen LogP contribution in [-0.4, -0.2) is 62.4 Å². The molecule has 316 valence electrons. The molecule has 1 heterocycles. The highest BCUT2D eigenvalue weighted by atomic mass is 16.6. The first-order valence-electron chi connectivity index (χ1n) is 22.8. The fraction of sp³-hybridized carbons (Fsp3) is 0.911. The minimum Gasteiger partial charge on any atom is -0.466 e. The zero-order valence-electron chi connectivity index (χ0n) is 35.2. The Kier molecular flexibility index (Phi) is 33.7. The van der Waals surface area contributed by atoms with E-state index in [1.807, 2.05) is 0 Å². The maximum absolute atomic E-state index is 12.7. The van der Waals surface area contributed by atoms with Gasteiger partial charge in [-0.15, -0.1) is 0 Å². The van der Waals surface area contributed by atoms with Gasteiger partial charge in [0.1, 0.15) is 12.1 Å². The van der Waals surface area contributed by atoms with Crippen LogP contribution in [0.15, 0.2) is 0 Å². The van der Waals surface area contributed by atoms with E-state index in [0.717, 1.165) is 83.6 Å². The van der Waals surface area contributed by atoms with Gasteiger partial charge in [0.25, 0.3) is 0 Å². The highest BCUT2D eigenvalue weighted by Crippen LogP contribution is 2.19. The Bertz CT molecular complexity index is 891. The van der Waals surface area contributed by atoms with Crippen LogP contribution in [0, 0.1) is 5.92 Å². The second kappa shape index (κ2) is 36.5. The third-order valence-corrected chi connectivity index (χ3v) is 10.6. The van der Waals surface area contributed by atoms with Crippen LogP contribution in [0.25, 0.3) is 0 Å². The first-order chi connectivity index (χ1) is 26.4. The number of hydrogen-bond acceptors (Lipinski definition) is 9. The van der Waals surface area contributed by atoms with Crippen LogP contribution < -0.4 is 5.32 Å². The Morgan fingerprint density at radius 2 is 0.944 bits per heavy atom. The molecule has 2 atom stereocenters. The molecule has 0 amide bonds. The maximum Gasteiger partial charge on any atom is 0.323 e. The second-order valence-electron chi connectivity index (χ2n) is 15.8. The molecule has 0 radical (unpaired) electrons. The van der Waals surface area contributed by atoms with E-state index in [0.29, 0.717) is 51.6 Å². The summed E-state index contributed by atoms with van der Waals surface area (Å²) in [7, 11) is 0. The van der Waals surface area contributed by atoms with Crippen LogP contribution >= 0.6 is 0 Å². The number of esters is 4. The number of unbranched alkanes of at least 4 members (excludes halogenated alkanes) is 18. The molecular formula is C45H83NO8. The molecule has 0 aromatic carbocycles. The molecule has 0 bridgehead atoms. The van der Waals surface area contributed by atoms with Crippen LogP contribution in [0.4, 0.5) is 0 Å². The van der Waals surface area contributed by atoms with E-state index in [9.17, 15) is 19.2 Å². The van der Waals surface area contributed by atoms with E-state index >= 15 is 0 Å². The summed E-state index contributed by atoms with van der Waals surface area (Å²) < 4.78 is 22.7. The molecule has 1 rings (SSSR count). The Balaban J connectivity index is 2.40. The van der Waals surface area contributed by atoms with Crippen molar-refractivity contribution in [2.24, 2.45) is 5.92 Å². The molecular weight excluding hydrogens is 682 g/mol. The highest BCUT2D eigenvalue weighted by Gasteiger charge is 2.26. The van der Waals surface area contributed by atoms with Crippen molar-refractivity contribution in [3.05, 3.63) is 0 Å². The van der Waals surface area contributed by atoms with E-state index in [2.05, 4.69) is 26.1 Å². The molecule has 54 heavy (non-hydrogen) atoms. The fourth-order valence-electron chi connectivity index (χ4n) is 7.05. The fourth-order valence-corrected chi connectivity index (χ4v) is 7.05. The van der Waals surface area contributed by atoms with Gasteiger partial charge in [0, 0.05) is 25.2 Å². The van der Waals surface area contributed by atoms with Crippen molar-refractivity contribution < 1.29 is 38.1 Å². The summed E-state index contributed by atoms with van der Waals surface area (Å²) in [6, 6.07) is -0.197. The summed E-state index contributed by atoms with van der Waals surface area (Å²) in [6.45, 7) is 8.22. The van der Waals surface area contributed by atoms with Gasteiger partial charge < -0.3 is 24.3 Å². The first kappa shape index (κ1) is 49.9. The Labute approximate surface area is 330 Å². The molecule has 0 aliphatic carbocycles. The molecule has 1 aliphatic heterocycles. The molecule has 9 nitrogen and oxygen atoms in total. The third kappa shape index (κ3) is 30.1. The summed E-state index contributed by atoms with van der Waals surface area (Å²) in [4.78, 5) is 50.0. The van der Waals surface area contributed by atoms with Crippen molar-refractivity contribution in [2.45, 2.75) is 232 Å². The minimum absolute atomic E-state index is 0.0938. The molecule has 0 spiro atoms. The van der Waals surface area contributed by atoms with Gasteiger partial charge in [-0.3, -0.25) is 19.2 Å². The Morgan fingerprint density at radius 1 is 0.519 bits per heavy atom.